The normalized spacial score (nSPS) is 16.1. The number of epoxide rings is 4. The Morgan fingerprint density at radius 1 is 0.281 bits per heavy atom. The lowest BCUT2D eigenvalue weighted by molar-refractivity contribution is -0.150. The van der Waals surface area contributed by atoms with E-state index in [0.29, 0.717) is 142 Å². The van der Waals surface area contributed by atoms with E-state index in [1.54, 1.807) is 218 Å². The van der Waals surface area contributed by atoms with Gasteiger partial charge < -0.3 is 68.6 Å². The maximum absolute atomic E-state index is 17.3. The second kappa shape index (κ2) is 39.5. The smallest absolute Gasteiger partial charge is 0.330 e. The van der Waals surface area contributed by atoms with Gasteiger partial charge in [-0.05, 0) is 212 Å². The quantitative estimate of drug-likeness (QED) is 0.00931. The molecule has 0 aliphatic carbocycles. The summed E-state index contributed by atoms with van der Waals surface area (Å²) in [7, 11) is 0. The third kappa shape index (κ3) is 19.2. The predicted octanol–water partition coefficient (Wildman–Crippen LogP) is 18.8. The summed E-state index contributed by atoms with van der Waals surface area (Å²) in [6.07, 6.45) is 5.12. The Balaban J connectivity index is 0.816. The van der Waals surface area contributed by atoms with Gasteiger partial charge in [-0.2, -0.15) is 0 Å². The van der Waals surface area contributed by atoms with Crippen molar-refractivity contribution in [3.63, 3.8) is 0 Å². The molecule has 0 spiro atoms. The second-order valence-electron chi connectivity index (χ2n) is 36.5. The summed E-state index contributed by atoms with van der Waals surface area (Å²) in [5.41, 5.74) is 7.45. The van der Waals surface area contributed by atoms with Crippen LogP contribution in [0.5, 0.6) is 46.0 Å². The average Bonchev–Trinajstić information content (AvgIpc) is 1.22. The fourth-order valence-electron chi connectivity index (χ4n) is 18.9. The van der Waals surface area contributed by atoms with Crippen molar-refractivity contribution >= 4 is 102 Å². The standard InChI is InChI=1S/C118H88N8O20/c127-109(121-57-87-63-137-87)79-27-7-19-71(45-79)75-23-11-31-83(49-75)143-97-53-91-101-92(114(132)125(113(91)131)95(43-67-35-39-119-40-36-67)117(135)141-61-69-15-3-1-4-16-69)54-98(144-84-32-12-24-76(50-84)72-20-8-28-80(46-72)110(128)122-58-88-64-138-88)104-106-100(146-86-34-14-26-78(52-86)74-22-10-30-82(48-74)112(130)124-60-90-66-140-90)56-94-102-93(115(133)126(116(94)134)96(44-68-37-41-120-42-38-68)118(136)142-62-70-17-5-2-6-18-70)55-99(105(108(102)106)103(97)107(101)104)145-85-33-13-25-77(51-85)73-21-9-29-81(47-73)111(129)123-59-89-65-139-89/h1-42,45-56,87-90,95-96H,43-44,57-66H2,(H,121,127)(H,122,128)(H,123,129)(H,124,130). The van der Waals surface area contributed by atoms with Crippen LogP contribution in [0.25, 0.3) is 87.6 Å². The number of nitrogens with zero attached hydrogens (tertiary/aromatic N) is 4. The Kier molecular flexibility index (Phi) is 24.8. The summed E-state index contributed by atoms with van der Waals surface area (Å²) in [5.74, 6) is -7.16. The fraction of sp³-hybridized carbons (Fsp3) is 0.153. The van der Waals surface area contributed by atoms with Gasteiger partial charge in [0, 0.05) is 129 Å². The van der Waals surface area contributed by atoms with Crippen LogP contribution in [0.1, 0.15) is 105 Å². The van der Waals surface area contributed by atoms with Crippen molar-refractivity contribution in [2.75, 3.05) is 52.6 Å². The van der Waals surface area contributed by atoms with Gasteiger partial charge in [-0.1, -0.05) is 158 Å². The number of imide groups is 2. The topological polar surface area (TPSA) is 357 Å². The van der Waals surface area contributed by atoms with E-state index in [2.05, 4.69) is 31.2 Å². The molecule has 4 N–H and O–H groups in total. The molecule has 6 unspecified atom stereocenters. The summed E-state index contributed by atoms with van der Waals surface area (Å²) in [6.45, 7) is 2.76. The maximum atomic E-state index is 17.3. The van der Waals surface area contributed by atoms with Crippen LogP contribution in [0.4, 0.5) is 0 Å². The number of hydrogen-bond donors (Lipinski definition) is 4. The van der Waals surface area contributed by atoms with Gasteiger partial charge in [0.25, 0.3) is 47.3 Å². The van der Waals surface area contributed by atoms with E-state index in [1.165, 1.54) is 49.1 Å². The molecule has 146 heavy (non-hydrogen) atoms. The highest BCUT2D eigenvalue weighted by atomic mass is 16.6. The van der Waals surface area contributed by atoms with E-state index in [1.807, 2.05) is 60.7 Å². The van der Waals surface area contributed by atoms with Gasteiger partial charge in [-0.3, -0.25) is 58.1 Å². The molecule has 28 nitrogen and oxygen atoms in total. The number of rotatable bonds is 36. The molecule has 720 valence electrons. The van der Waals surface area contributed by atoms with Crippen molar-refractivity contribution < 1.29 is 95.3 Å². The van der Waals surface area contributed by atoms with E-state index < -0.39 is 47.7 Å². The van der Waals surface area contributed by atoms with Gasteiger partial charge in [0.15, 0.2) is 0 Å². The number of aromatic nitrogens is 2. The summed E-state index contributed by atoms with van der Waals surface area (Å²) in [5, 5.41) is 12.3. The van der Waals surface area contributed by atoms with Gasteiger partial charge in [-0.15, -0.1) is 0 Å². The molecule has 17 aromatic rings. The van der Waals surface area contributed by atoms with E-state index in [0.717, 1.165) is 9.80 Å². The number of carbonyl (C=O) groups is 10. The molecule has 4 saturated heterocycles. The summed E-state index contributed by atoms with van der Waals surface area (Å²) < 4.78 is 64.9. The Morgan fingerprint density at radius 3 is 0.781 bits per heavy atom. The SMILES string of the molecule is O=C(NCC1CO1)c1cccc(-c2cccc(Oc3cc4c5c(cc(Oc6cccc(-c7cccc(C(=O)NCC8CO8)c7)c6)c6c7c(Oc8cccc(-c9cccc(C(=O)NCC%10CO%10)c9)c8)cc8c9c(cc(Oc%10cccc(-c%11cccc(C(=O)NCC%12CO%12)c%11)c%10)c(c3c56)c97)C(=O)N(C(Cc3ccncc3)C(=O)OCc3ccccc3)C8=O)C(=O)N(C(Cc3ccncc3)C(=O)OCc3ccccc3)C4=O)c2)c1. The number of amides is 8. The first-order chi connectivity index (χ1) is 71.4. The number of benzene rings is 15. The molecule has 23 rings (SSSR count). The highest BCUT2D eigenvalue weighted by Crippen LogP contribution is 2.59. The number of pyridine rings is 2. The van der Waals surface area contributed by atoms with Crippen LogP contribution >= 0.6 is 0 Å². The van der Waals surface area contributed by atoms with Gasteiger partial charge in [-0.25, -0.2) is 9.59 Å². The van der Waals surface area contributed by atoms with Gasteiger partial charge >= 0.3 is 11.9 Å². The van der Waals surface area contributed by atoms with Crippen molar-refractivity contribution in [3.05, 3.63) is 395 Å². The lowest BCUT2D eigenvalue weighted by Gasteiger charge is -2.35. The van der Waals surface area contributed by atoms with Crippen LogP contribution in [0.2, 0.25) is 0 Å². The van der Waals surface area contributed by atoms with Gasteiger partial charge in [0.1, 0.15) is 71.3 Å². The van der Waals surface area contributed by atoms with Gasteiger partial charge in [0.2, 0.25) is 0 Å². The first-order valence-corrected chi connectivity index (χ1v) is 47.9. The number of ether oxygens (including phenoxy) is 10. The monoisotopic (exact) mass is 1940 g/mol. The summed E-state index contributed by atoms with van der Waals surface area (Å²) in [6, 6.07) is 83.3. The Morgan fingerprint density at radius 2 is 0.527 bits per heavy atom. The Hall–Kier alpha value is -18.0. The molecule has 0 saturated carbocycles. The molecule has 15 aromatic carbocycles. The lowest BCUT2D eigenvalue weighted by Crippen LogP contribution is -2.52. The zero-order valence-electron chi connectivity index (χ0n) is 78.1. The van der Waals surface area contributed by atoms with E-state index in [-0.39, 0.29) is 185 Å². The van der Waals surface area contributed by atoms with E-state index in [9.17, 15) is 19.2 Å². The molecular weight excluding hydrogens is 1850 g/mol. The molecule has 6 aliphatic heterocycles. The molecular formula is C118H88N8O20. The van der Waals surface area contributed by atoms with Crippen molar-refractivity contribution in [2.24, 2.45) is 0 Å². The van der Waals surface area contributed by atoms with Crippen LogP contribution in [0.15, 0.2) is 328 Å². The first kappa shape index (κ1) is 91.8. The zero-order valence-corrected chi connectivity index (χ0v) is 78.1. The number of fused-ring (bicyclic) bond motifs is 2. The third-order valence-electron chi connectivity index (χ3n) is 26.6. The minimum absolute atomic E-state index is 0.0103. The molecule has 2 aromatic heterocycles. The molecule has 0 radical (unpaired) electrons. The first-order valence-electron chi connectivity index (χ1n) is 47.9. The average molecular weight is 1940 g/mol. The number of nitrogens with one attached hydrogen (secondary N) is 4. The maximum Gasteiger partial charge on any atom is 0.330 e. The summed E-state index contributed by atoms with van der Waals surface area (Å²) >= 11 is 0. The Bertz CT molecular complexity index is 7300. The van der Waals surface area contributed by atoms with Crippen LogP contribution in [0.3, 0.4) is 0 Å². The van der Waals surface area contributed by atoms with Crippen LogP contribution in [-0.4, -0.2) is 168 Å². The lowest BCUT2D eigenvalue weighted by atomic mass is 9.80. The van der Waals surface area contributed by atoms with Crippen molar-refractivity contribution in [3.8, 4) is 90.5 Å². The van der Waals surface area contributed by atoms with E-state index in [4.69, 9.17) is 47.4 Å². The van der Waals surface area contributed by atoms with Gasteiger partial charge in [0.05, 0.1) is 73.1 Å². The molecule has 6 aliphatic rings. The molecule has 28 heteroatoms. The van der Waals surface area contributed by atoms with Crippen molar-refractivity contribution in [2.45, 2.75) is 62.6 Å². The highest BCUT2D eigenvalue weighted by Gasteiger charge is 2.48. The number of esters is 2. The van der Waals surface area contributed by atoms with Crippen molar-refractivity contribution in [1.82, 2.24) is 41.0 Å². The minimum atomic E-state index is -1.71. The third-order valence-corrected chi connectivity index (χ3v) is 26.6. The highest BCUT2D eigenvalue weighted by molar-refractivity contribution is 6.45. The van der Waals surface area contributed by atoms with E-state index >= 15 is 28.8 Å². The Labute approximate surface area is 834 Å². The molecule has 0 bridgehead atoms. The molecule has 8 heterocycles. The summed E-state index contributed by atoms with van der Waals surface area (Å²) in [4.78, 5) is 167. The number of carbonyl (C=O) groups excluding carboxylic acids is 10. The predicted molar refractivity (Wildman–Crippen MR) is 541 cm³/mol. The molecule has 8 amide bonds. The minimum Gasteiger partial charge on any atom is -0.459 e. The number of hydrogen-bond acceptors (Lipinski definition) is 22. The molecule has 4 fully saturated rings. The van der Waals surface area contributed by atoms with Crippen LogP contribution < -0.4 is 40.2 Å². The zero-order chi connectivity index (χ0) is 99.2. The van der Waals surface area contributed by atoms with Crippen LogP contribution in [-0.2, 0) is 64.1 Å². The van der Waals surface area contributed by atoms with Crippen molar-refractivity contribution in [1.29, 1.82) is 0 Å². The fourth-order valence-corrected chi connectivity index (χ4v) is 18.9. The van der Waals surface area contributed by atoms with Crippen LogP contribution in [0, 0.1) is 0 Å². The molecule has 6 atom stereocenters. The second-order valence-corrected chi connectivity index (χ2v) is 36.5. The largest absolute Gasteiger partial charge is 0.459 e.